The molecule has 1 aromatic carbocycles. The normalized spacial score (nSPS) is 15.5. The number of nitrogens with two attached hydrogens (primary N) is 3. The van der Waals surface area contributed by atoms with E-state index in [1.807, 2.05) is 37.7 Å². The molecule has 1 saturated heterocycles. The zero-order chi connectivity index (χ0) is 22.5. The largest absolute Gasteiger partial charge is 0.403 e. The highest BCUT2D eigenvalue weighted by Gasteiger charge is 2.22. The Kier molecular flexibility index (Phi) is 7.24. The smallest absolute Gasteiger partial charge is 0.149 e. The fraction of sp³-hybridized carbons (Fsp3) is 0.333. The third kappa shape index (κ3) is 4.86. The van der Waals surface area contributed by atoms with Gasteiger partial charge in [-0.05, 0) is 38.1 Å². The van der Waals surface area contributed by atoms with Gasteiger partial charge in [0.25, 0.3) is 0 Å². The Morgan fingerprint density at radius 2 is 2.03 bits per heavy atom. The van der Waals surface area contributed by atoms with Crippen molar-refractivity contribution in [3.63, 3.8) is 0 Å². The van der Waals surface area contributed by atoms with Gasteiger partial charge in [0, 0.05) is 53.7 Å². The maximum atomic E-state index is 14.6. The molecule has 1 aliphatic heterocycles. The molecular weight excluding hydrogens is 415 g/mol. The molecule has 8 N–H and O–H groups in total. The van der Waals surface area contributed by atoms with Crippen molar-refractivity contribution in [1.29, 1.82) is 5.41 Å². The summed E-state index contributed by atoms with van der Waals surface area (Å²) in [5.74, 6) is 8.05. The summed E-state index contributed by atoms with van der Waals surface area (Å²) < 4.78 is 14.6. The number of H-pyrrole nitrogens is 1. The molecule has 1 fully saturated rings. The average molecular weight is 445 g/mol. The van der Waals surface area contributed by atoms with Gasteiger partial charge in [-0.2, -0.15) is 11.8 Å². The molecule has 0 radical (unpaired) electrons. The number of aliphatic imine (C=N–C) groups is 1. The summed E-state index contributed by atoms with van der Waals surface area (Å²) in [6.07, 6.45) is 2.29. The molecule has 1 aliphatic rings. The van der Waals surface area contributed by atoms with Crippen LogP contribution in [0.1, 0.15) is 25.1 Å². The van der Waals surface area contributed by atoms with Crippen LogP contribution in [0, 0.1) is 11.2 Å². The minimum absolute atomic E-state index is 0.0173. The summed E-state index contributed by atoms with van der Waals surface area (Å²) in [7, 11) is 0. The molecule has 0 saturated carbocycles. The van der Waals surface area contributed by atoms with Crippen LogP contribution in [0.5, 0.6) is 0 Å². The molecule has 166 valence electrons. The van der Waals surface area contributed by atoms with Crippen LogP contribution in [0.15, 0.2) is 35.5 Å². The van der Waals surface area contributed by atoms with E-state index in [0.717, 1.165) is 42.2 Å². The van der Waals surface area contributed by atoms with Crippen molar-refractivity contribution in [1.82, 2.24) is 9.99 Å². The van der Waals surface area contributed by atoms with E-state index in [0.29, 0.717) is 22.6 Å². The monoisotopic (exact) mass is 444 g/mol. The van der Waals surface area contributed by atoms with Gasteiger partial charge in [0.05, 0.1) is 17.1 Å². The number of anilines is 1. The summed E-state index contributed by atoms with van der Waals surface area (Å²) >= 11 is 1.87. The minimum atomic E-state index is -0.247. The predicted octanol–water partition coefficient (Wildman–Crippen LogP) is 2.53. The standard InChI is InChI=1S/C21H29FN8S/c1-13(2)30(26)19(11-23)15-10-17(28-20(15)21(25)27-12-24)14-3-4-16(22)18(9-14)29-5-7-31-8-6-29/h3-4,9-13,28H,5-8,23,26H2,1-2H3,(H3,24,25,27)/b19-11-. The number of aromatic nitrogens is 1. The highest BCUT2D eigenvalue weighted by molar-refractivity contribution is 7.99. The first kappa shape index (κ1) is 22.7. The second-order valence-corrected chi connectivity index (χ2v) is 8.66. The number of aromatic amines is 1. The van der Waals surface area contributed by atoms with Crippen molar-refractivity contribution in [3.8, 4) is 11.3 Å². The summed E-state index contributed by atoms with van der Waals surface area (Å²) in [6, 6.07) is 6.88. The lowest BCUT2D eigenvalue weighted by atomic mass is 10.1. The number of amidine groups is 1. The van der Waals surface area contributed by atoms with Crippen LogP contribution in [-0.2, 0) is 0 Å². The van der Waals surface area contributed by atoms with Gasteiger partial charge >= 0.3 is 0 Å². The number of hydrogen-bond acceptors (Lipinski definition) is 6. The molecule has 0 atom stereocenters. The second-order valence-electron chi connectivity index (χ2n) is 7.43. The Hall–Kier alpha value is -2.98. The van der Waals surface area contributed by atoms with Gasteiger partial charge in [-0.15, -0.1) is 0 Å². The minimum Gasteiger partial charge on any atom is -0.403 e. The third-order valence-corrected chi connectivity index (χ3v) is 6.10. The van der Waals surface area contributed by atoms with Crippen LogP contribution in [0.25, 0.3) is 17.0 Å². The Labute approximate surface area is 185 Å². The van der Waals surface area contributed by atoms with Crippen LogP contribution < -0.4 is 22.2 Å². The zero-order valence-electron chi connectivity index (χ0n) is 17.7. The fourth-order valence-electron chi connectivity index (χ4n) is 3.47. The van der Waals surface area contributed by atoms with E-state index in [-0.39, 0.29) is 17.7 Å². The van der Waals surface area contributed by atoms with Crippen molar-refractivity contribution in [2.75, 3.05) is 29.5 Å². The molecule has 0 bridgehead atoms. The second kappa shape index (κ2) is 9.88. The topological polar surface area (TPSA) is 137 Å². The molecular formula is C21H29FN8S. The van der Waals surface area contributed by atoms with E-state index in [2.05, 4.69) is 14.9 Å². The highest BCUT2D eigenvalue weighted by atomic mass is 32.2. The van der Waals surface area contributed by atoms with Crippen molar-refractivity contribution in [2.45, 2.75) is 19.9 Å². The lowest BCUT2D eigenvalue weighted by Crippen LogP contribution is -2.36. The Morgan fingerprint density at radius 1 is 1.32 bits per heavy atom. The highest BCUT2D eigenvalue weighted by Crippen LogP contribution is 2.32. The summed E-state index contributed by atoms with van der Waals surface area (Å²) in [6.45, 7) is 5.49. The first-order chi connectivity index (χ1) is 14.9. The van der Waals surface area contributed by atoms with Crippen molar-refractivity contribution in [2.24, 2.45) is 22.3 Å². The molecule has 0 unspecified atom stereocenters. The van der Waals surface area contributed by atoms with E-state index in [1.165, 1.54) is 17.3 Å². The van der Waals surface area contributed by atoms with Crippen LogP contribution in [-0.4, -0.2) is 52.8 Å². The van der Waals surface area contributed by atoms with Crippen LogP contribution in [0.3, 0.4) is 0 Å². The van der Waals surface area contributed by atoms with Gasteiger partial charge in [-0.25, -0.2) is 15.2 Å². The molecule has 2 heterocycles. The molecule has 2 aromatic rings. The molecule has 8 nitrogen and oxygen atoms in total. The van der Waals surface area contributed by atoms with Crippen molar-refractivity contribution in [3.05, 3.63) is 47.5 Å². The number of halogens is 1. The van der Waals surface area contributed by atoms with Gasteiger partial charge in [0.15, 0.2) is 0 Å². The van der Waals surface area contributed by atoms with E-state index in [4.69, 9.17) is 22.7 Å². The first-order valence-corrected chi connectivity index (χ1v) is 11.2. The quantitative estimate of drug-likeness (QED) is 0.193. The van der Waals surface area contributed by atoms with Crippen LogP contribution >= 0.6 is 11.8 Å². The van der Waals surface area contributed by atoms with Gasteiger partial charge in [-0.1, -0.05) is 0 Å². The average Bonchev–Trinajstić information content (AvgIpc) is 3.20. The summed E-state index contributed by atoms with van der Waals surface area (Å²) in [5.41, 5.74) is 15.8. The van der Waals surface area contributed by atoms with Gasteiger partial charge in [0.1, 0.15) is 18.0 Å². The lowest BCUT2D eigenvalue weighted by molar-refractivity contribution is 0.342. The van der Waals surface area contributed by atoms with Crippen LogP contribution in [0.4, 0.5) is 10.1 Å². The molecule has 0 spiro atoms. The number of nitrogens with one attached hydrogen (secondary N) is 2. The summed E-state index contributed by atoms with van der Waals surface area (Å²) in [5, 5.41) is 8.80. The number of hydrazine groups is 1. The Bertz CT molecular complexity index is 991. The van der Waals surface area contributed by atoms with E-state index >= 15 is 0 Å². The summed E-state index contributed by atoms with van der Waals surface area (Å²) in [4.78, 5) is 9.22. The molecule has 1 aromatic heterocycles. The first-order valence-electron chi connectivity index (χ1n) is 10.0. The maximum absolute atomic E-state index is 14.6. The van der Waals surface area contributed by atoms with Crippen molar-refractivity contribution < 1.29 is 4.39 Å². The Morgan fingerprint density at radius 3 is 2.65 bits per heavy atom. The number of rotatable bonds is 7. The fourth-order valence-corrected chi connectivity index (χ4v) is 4.37. The molecule has 0 aliphatic carbocycles. The van der Waals surface area contributed by atoms with E-state index in [9.17, 15) is 4.39 Å². The van der Waals surface area contributed by atoms with Gasteiger partial charge < -0.3 is 26.4 Å². The van der Waals surface area contributed by atoms with Crippen molar-refractivity contribution >= 4 is 35.3 Å². The van der Waals surface area contributed by atoms with Gasteiger partial charge in [0.2, 0.25) is 0 Å². The number of thioether (sulfide) groups is 1. The lowest BCUT2D eigenvalue weighted by Gasteiger charge is -2.29. The zero-order valence-corrected chi connectivity index (χ0v) is 18.5. The number of nitrogens with zero attached hydrogens (tertiary/aromatic N) is 3. The SMILES string of the molecule is CC(C)N(N)/C(=C\N)c1cc(-c2ccc(F)c(N3CCSCC3)c2)[nH]c1C(N)=NC=N. The number of hydrogen-bond donors (Lipinski definition) is 5. The molecule has 31 heavy (non-hydrogen) atoms. The van der Waals surface area contributed by atoms with Crippen LogP contribution in [0.2, 0.25) is 0 Å². The molecule has 0 amide bonds. The maximum Gasteiger partial charge on any atom is 0.149 e. The van der Waals surface area contributed by atoms with Gasteiger partial charge in [-0.3, -0.25) is 5.41 Å². The predicted molar refractivity (Wildman–Crippen MR) is 129 cm³/mol. The molecule has 10 heteroatoms. The van der Waals surface area contributed by atoms with E-state index < -0.39 is 0 Å². The number of benzene rings is 1. The third-order valence-electron chi connectivity index (χ3n) is 5.15. The van der Waals surface area contributed by atoms with E-state index in [1.54, 1.807) is 6.07 Å². The Balaban J connectivity index is 2.10. The molecule has 3 rings (SSSR count).